The van der Waals surface area contributed by atoms with Gasteiger partial charge in [-0.25, -0.2) is 4.39 Å². The van der Waals surface area contributed by atoms with E-state index in [4.69, 9.17) is 18.9 Å². The van der Waals surface area contributed by atoms with Crippen LogP contribution in [0.2, 0.25) is 0 Å². The number of fused-ring (bicyclic) bond motifs is 3. The lowest BCUT2D eigenvalue weighted by Crippen LogP contribution is -2.67. The number of nitrogens with one attached hydrogen (secondary N) is 5. The van der Waals surface area contributed by atoms with Crippen molar-refractivity contribution >= 4 is 34.5 Å². The predicted molar refractivity (Wildman–Crippen MR) is 226 cm³/mol. The Morgan fingerprint density at radius 2 is 1.44 bits per heavy atom. The van der Waals surface area contributed by atoms with Crippen LogP contribution in [0.5, 0.6) is 0 Å². The number of para-hydroxylation sites is 1. The summed E-state index contributed by atoms with van der Waals surface area (Å²) in [6, 6.07) is 7.45. The van der Waals surface area contributed by atoms with Crippen LogP contribution in [-0.2, 0) is 63.6 Å². The van der Waals surface area contributed by atoms with E-state index >= 15 is 0 Å². The third-order valence-corrected chi connectivity index (χ3v) is 11.5. The number of benzene rings is 2. The maximum atomic E-state index is 14.8. The van der Waals surface area contributed by atoms with Crippen LogP contribution in [0.4, 0.5) is 17.6 Å². The highest BCUT2D eigenvalue weighted by Crippen LogP contribution is 2.40. The summed E-state index contributed by atoms with van der Waals surface area (Å²) in [5.74, 6) is -3.76. The van der Waals surface area contributed by atoms with Crippen LogP contribution in [0, 0.1) is 17.7 Å². The van der Waals surface area contributed by atoms with Crippen LogP contribution in [0.25, 0.3) is 10.9 Å². The number of ether oxygens (including phenoxy) is 4. The Morgan fingerprint density at radius 1 is 0.806 bits per heavy atom. The van der Waals surface area contributed by atoms with Gasteiger partial charge in [-0.2, -0.15) is 13.2 Å². The first-order chi connectivity index (χ1) is 29.6. The molecular weight excluding hydrogens is 815 g/mol. The molecule has 3 aromatic rings. The number of aromatic amines is 1. The number of H-pyrrole nitrogens is 1. The van der Waals surface area contributed by atoms with Gasteiger partial charge in [0.05, 0.1) is 57.1 Å². The van der Waals surface area contributed by atoms with Gasteiger partial charge in [-0.05, 0) is 60.8 Å². The molecule has 5 N–H and O–H groups in total. The quantitative estimate of drug-likeness (QED) is 0.0516. The fourth-order valence-corrected chi connectivity index (χ4v) is 7.44. The van der Waals surface area contributed by atoms with E-state index in [2.05, 4.69) is 26.3 Å². The van der Waals surface area contributed by atoms with Gasteiger partial charge in [0.1, 0.15) is 23.4 Å². The number of hydrogen-bond acceptors (Lipinski definition) is 8. The molecule has 5 atom stereocenters. The molecule has 0 saturated carbocycles. The number of methoxy groups -OCH3 is 1. The van der Waals surface area contributed by atoms with Crippen LogP contribution >= 0.6 is 0 Å². The first-order valence-corrected chi connectivity index (χ1v) is 21.5. The number of aromatic nitrogens is 1. The zero-order valence-electron chi connectivity index (χ0n) is 36.4. The summed E-state index contributed by atoms with van der Waals surface area (Å²) in [4.78, 5) is 59.1. The van der Waals surface area contributed by atoms with Crippen molar-refractivity contribution in [2.45, 2.75) is 103 Å². The highest BCUT2D eigenvalue weighted by molar-refractivity contribution is 5.99. The first-order valence-electron chi connectivity index (χ1n) is 21.5. The van der Waals surface area contributed by atoms with E-state index < -0.39 is 64.7 Å². The fourth-order valence-electron chi connectivity index (χ4n) is 7.44. The molecule has 0 radical (unpaired) electrons. The molecular formula is C45H63F4N5O8. The molecule has 0 saturated heterocycles. The van der Waals surface area contributed by atoms with Crippen LogP contribution in [0.15, 0.2) is 42.5 Å². The summed E-state index contributed by atoms with van der Waals surface area (Å²) in [5.41, 5.74) is -1.65. The second-order valence-corrected chi connectivity index (χ2v) is 15.9. The molecule has 344 valence electrons. The average Bonchev–Trinajstić information content (AvgIpc) is 3.62. The lowest BCUT2D eigenvalue weighted by atomic mass is 9.78. The van der Waals surface area contributed by atoms with Crippen LogP contribution in [-0.4, -0.2) is 106 Å². The maximum absolute atomic E-state index is 14.8. The van der Waals surface area contributed by atoms with E-state index in [1.54, 1.807) is 20.1 Å². The molecule has 0 spiro atoms. The summed E-state index contributed by atoms with van der Waals surface area (Å²) in [5, 5.41) is 11.7. The third kappa shape index (κ3) is 14.0. The van der Waals surface area contributed by atoms with Crippen molar-refractivity contribution in [1.82, 2.24) is 26.3 Å². The van der Waals surface area contributed by atoms with Gasteiger partial charge in [-0.1, -0.05) is 70.9 Å². The van der Waals surface area contributed by atoms with Gasteiger partial charge < -0.3 is 45.2 Å². The highest BCUT2D eigenvalue weighted by atomic mass is 19.4. The van der Waals surface area contributed by atoms with Gasteiger partial charge in [0.25, 0.3) is 0 Å². The average molecular weight is 878 g/mol. The zero-order chi connectivity index (χ0) is 45.3. The van der Waals surface area contributed by atoms with Crippen LogP contribution in [0.3, 0.4) is 0 Å². The number of halogens is 4. The molecule has 4 amide bonds. The maximum Gasteiger partial charge on any atom is 0.418 e. The number of hydrogen-bond donors (Lipinski definition) is 5. The molecule has 17 heteroatoms. The number of alkyl halides is 3. The standard InChI is InChI=1S/C45H63F4N5O8/c1-6-29(3)38(41(56)50-19-10-11-20-60-23-24-62-26-25-61-22-21-59-5)53-43(58)44(18-17-36-33(28-44)32-14-12-15-34(40(32)51-36)45(47,48)49)54-42(57)39(30(4)7-2)52-37(55)27-31-13-8-9-16-35(31)46/h8-9,12-16,29-30,38-39,51H,6-7,10-11,17-28H2,1-5H3,(H,50,56)(H,52,55)(H,53,58)(H,54,57)/t29?,30?,38-,39-,44+/m0/s1. The Labute approximate surface area is 361 Å². The minimum Gasteiger partial charge on any atom is -0.382 e. The molecule has 1 aromatic heterocycles. The van der Waals surface area contributed by atoms with Crippen molar-refractivity contribution in [3.63, 3.8) is 0 Å². The topological polar surface area (TPSA) is 169 Å². The SMILES string of the molecule is CCC(C)[C@H](NC(=O)Cc1ccccc1F)C(=O)N[C@]1(C(=O)N[C@H](C(=O)NCCCCOCCOCCOCCOC)C(C)CC)CCc2[nH]c3c(C(F)(F)F)cccc3c2C1. The second kappa shape index (κ2) is 24.3. The Balaban J connectivity index is 1.50. The monoisotopic (exact) mass is 877 g/mol. The van der Waals surface area contributed by atoms with Gasteiger partial charge in [0, 0.05) is 37.8 Å². The number of amides is 4. The number of aryl methyl sites for hydroxylation is 1. The fraction of sp³-hybridized carbons (Fsp3) is 0.600. The zero-order valence-corrected chi connectivity index (χ0v) is 36.4. The predicted octanol–water partition coefficient (Wildman–Crippen LogP) is 5.57. The molecule has 0 fully saturated rings. The van der Waals surface area contributed by atoms with Crippen molar-refractivity contribution in [3.05, 3.63) is 70.7 Å². The smallest absolute Gasteiger partial charge is 0.382 e. The first kappa shape index (κ1) is 50.1. The summed E-state index contributed by atoms with van der Waals surface area (Å²) >= 11 is 0. The molecule has 0 bridgehead atoms. The normalized spacial score (nSPS) is 17.1. The van der Waals surface area contributed by atoms with Gasteiger partial charge in [-0.3, -0.25) is 19.2 Å². The molecule has 0 aliphatic heterocycles. The summed E-state index contributed by atoms with van der Waals surface area (Å²) < 4.78 is 78.2. The molecule has 2 unspecified atom stereocenters. The lowest BCUT2D eigenvalue weighted by Gasteiger charge is -2.39. The van der Waals surface area contributed by atoms with Crippen molar-refractivity contribution in [2.24, 2.45) is 11.8 Å². The Hall–Kier alpha value is -4.58. The third-order valence-electron chi connectivity index (χ3n) is 11.5. The molecule has 1 aliphatic carbocycles. The van der Waals surface area contributed by atoms with E-state index in [9.17, 15) is 36.7 Å². The van der Waals surface area contributed by atoms with E-state index in [0.717, 1.165) is 6.07 Å². The minimum absolute atomic E-state index is 0.0236. The van der Waals surface area contributed by atoms with Gasteiger partial charge in [-0.15, -0.1) is 0 Å². The van der Waals surface area contributed by atoms with Crippen molar-refractivity contribution in [3.8, 4) is 0 Å². The molecule has 1 aliphatic rings. The second-order valence-electron chi connectivity index (χ2n) is 15.9. The van der Waals surface area contributed by atoms with Crippen LogP contribution < -0.4 is 21.3 Å². The molecule has 13 nitrogen and oxygen atoms in total. The molecule has 1 heterocycles. The minimum atomic E-state index is -4.65. The van der Waals surface area contributed by atoms with Crippen LogP contribution in [0.1, 0.15) is 82.2 Å². The van der Waals surface area contributed by atoms with Gasteiger partial charge >= 0.3 is 6.18 Å². The molecule has 2 aromatic carbocycles. The summed E-state index contributed by atoms with van der Waals surface area (Å²) in [6.45, 7) is 10.8. The van der Waals surface area contributed by atoms with Gasteiger partial charge in [0.15, 0.2) is 0 Å². The number of rotatable bonds is 26. The number of carbonyl (C=O) groups excluding carboxylic acids is 4. The Bertz CT molecular complexity index is 1930. The van der Waals surface area contributed by atoms with E-state index in [1.165, 1.54) is 30.3 Å². The molecule has 4 rings (SSSR count). The molecule has 62 heavy (non-hydrogen) atoms. The summed E-state index contributed by atoms with van der Waals surface area (Å²) in [7, 11) is 1.61. The Morgan fingerprint density at radius 3 is 2.06 bits per heavy atom. The van der Waals surface area contributed by atoms with Gasteiger partial charge in [0.2, 0.25) is 23.6 Å². The van der Waals surface area contributed by atoms with Crippen molar-refractivity contribution in [1.29, 1.82) is 0 Å². The Kier molecular flexibility index (Phi) is 19.6. The number of unbranched alkanes of at least 4 members (excludes halogenated alkanes) is 1. The van der Waals surface area contributed by atoms with E-state index in [1.807, 2.05) is 20.8 Å². The highest BCUT2D eigenvalue weighted by Gasteiger charge is 2.47. The van der Waals surface area contributed by atoms with E-state index in [0.29, 0.717) is 89.7 Å². The van der Waals surface area contributed by atoms with E-state index in [-0.39, 0.29) is 48.1 Å². The lowest BCUT2D eigenvalue weighted by molar-refractivity contribution is -0.139. The van der Waals surface area contributed by atoms with Crippen molar-refractivity contribution in [2.75, 3.05) is 59.9 Å². The number of carbonyl (C=O) groups is 4. The summed E-state index contributed by atoms with van der Waals surface area (Å²) in [6.07, 6.45) is -2.88. The largest absolute Gasteiger partial charge is 0.418 e. The van der Waals surface area contributed by atoms with Crippen molar-refractivity contribution < 1.29 is 55.7 Å².